The Morgan fingerprint density at radius 1 is 1.00 bits per heavy atom. The smallest absolute Gasteiger partial charge is 0.312 e. The van der Waals surface area contributed by atoms with E-state index >= 15 is 0 Å². The van der Waals surface area contributed by atoms with Gasteiger partial charge in [-0.15, -0.1) is 0 Å². The van der Waals surface area contributed by atoms with Crippen LogP contribution in [0.25, 0.3) is 10.9 Å². The van der Waals surface area contributed by atoms with Crippen molar-refractivity contribution in [3.05, 3.63) is 71.9 Å². The minimum atomic E-state index is -0.222. The molecule has 0 saturated carbocycles. The van der Waals surface area contributed by atoms with Gasteiger partial charge in [0.25, 0.3) is 0 Å². The summed E-state index contributed by atoms with van der Waals surface area (Å²) in [6.07, 6.45) is 0.265. The molecule has 0 aliphatic rings. The number of hydrogen-bond donors (Lipinski definition) is 1. The second kappa shape index (κ2) is 5.61. The average Bonchev–Trinajstić information content (AvgIpc) is 2.88. The molecule has 20 heavy (non-hydrogen) atoms. The van der Waals surface area contributed by atoms with Crippen LogP contribution in [-0.4, -0.2) is 11.0 Å². The molecular formula is C17H15NO2. The number of ether oxygens (including phenoxy) is 1. The molecule has 0 fully saturated rings. The van der Waals surface area contributed by atoms with Crippen molar-refractivity contribution in [2.24, 2.45) is 0 Å². The van der Waals surface area contributed by atoms with Crippen molar-refractivity contribution in [2.75, 3.05) is 0 Å². The quantitative estimate of drug-likeness (QED) is 0.734. The van der Waals surface area contributed by atoms with Crippen LogP contribution < -0.4 is 0 Å². The zero-order valence-corrected chi connectivity index (χ0v) is 11.0. The summed E-state index contributed by atoms with van der Waals surface area (Å²) in [5.74, 6) is -0.222. The SMILES string of the molecule is O=C(Cc1cc2ccccc2[nH]1)OCc1ccccc1. The van der Waals surface area contributed by atoms with E-state index in [1.807, 2.05) is 60.7 Å². The molecule has 3 aromatic rings. The van der Waals surface area contributed by atoms with Crippen LogP contribution in [0.2, 0.25) is 0 Å². The van der Waals surface area contributed by atoms with E-state index in [9.17, 15) is 4.79 Å². The Balaban J connectivity index is 1.61. The first-order chi connectivity index (χ1) is 9.81. The first kappa shape index (κ1) is 12.5. The molecule has 2 aromatic carbocycles. The fraction of sp³-hybridized carbons (Fsp3) is 0.118. The van der Waals surface area contributed by atoms with E-state index in [4.69, 9.17) is 4.74 Å². The van der Waals surface area contributed by atoms with Gasteiger partial charge in [-0.05, 0) is 23.1 Å². The van der Waals surface area contributed by atoms with Gasteiger partial charge in [0.15, 0.2) is 0 Å². The highest BCUT2D eigenvalue weighted by atomic mass is 16.5. The van der Waals surface area contributed by atoms with E-state index in [1.165, 1.54) is 0 Å². The van der Waals surface area contributed by atoms with Crippen molar-refractivity contribution in [3.63, 3.8) is 0 Å². The number of H-pyrrole nitrogens is 1. The van der Waals surface area contributed by atoms with Gasteiger partial charge in [0.2, 0.25) is 0 Å². The maximum Gasteiger partial charge on any atom is 0.312 e. The lowest BCUT2D eigenvalue weighted by Gasteiger charge is -2.03. The molecule has 1 heterocycles. The zero-order chi connectivity index (χ0) is 13.8. The van der Waals surface area contributed by atoms with Crippen LogP contribution in [0, 0.1) is 0 Å². The van der Waals surface area contributed by atoms with E-state index in [2.05, 4.69) is 4.98 Å². The van der Waals surface area contributed by atoms with Gasteiger partial charge in [0.05, 0.1) is 6.42 Å². The van der Waals surface area contributed by atoms with Gasteiger partial charge in [-0.2, -0.15) is 0 Å². The summed E-state index contributed by atoms with van der Waals surface area (Å²) < 4.78 is 5.27. The predicted molar refractivity (Wildman–Crippen MR) is 78.2 cm³/mol. The molecule has 0 aliphatic carbocycles. The van der Waals surface area contributed by atoms with Gasteiger partial charge in [-0.1, -0.05) is 48.5 Å². The summed E-state index contributed by atoms with van der Waals surface area (Å²) in [5, 5.41) is 1.11. The topological polar surface area (TPSA) is 42.1 Å². The number of carbonyl (C=O) groups excluding carboxylic acids is 1. The van der Waals surface area contributed by atoms with Crippen molar-refractivity contribution in [2.45, 2.75) is 13.0 Å². The van der Waals surface area contributed by atoms with E-state index in [0.29, 0.717) is 6.61 Å². The van der Waals surface area contributed by atoms with Gasteiger partial charge in [0.1, 0.15) is 6.61 Å². The molecule has 0 spiro atoms. The van der Waals surface area contributed by atoms with Crippen molar-refractivity contribution in [1.82, 2.24) is 4.98 Å². The Labute approximate surface area is 117 Å². The van der Waals surface area contributed by atoms with Crippen molar-refractivity contribution >= 4 is 16.9 Å². The van der Waals surface area contributed by atoms with Gasteiger partial charge >= 0.3 is 5.97 Å². The molecule has 100 valence electrons. The zero-order valence-electron chi connectivity index (χ0n) is 11.0. The van der Waals surface area contributed by atoms with E-state index in [0.717, 1.165) is 22.2 Å². The molecule has 1 aromatic heterocycles. The number of benzene rings is 2. The van der Waals surface area contributed by atoms with Crippen LogP contribution in [0.4, 0.5) is 0 Å². The molecule has 3 heteroatoms. The summed E-state index contributed by atoms with van der Waals surface area (Å²) >= 11 is 0. The van der Waals surface area contributed by atoms with Gasteiger partial charge in [-0.25, -0.2) is 0 Å². The number of nitrogens with one attached hydrogen (secondary N) is 1. The lowest BCUT2D eigenvalue weighted by molar-refractivity contribution is -0.144. The second-order valence-corrected chi connectivity index (χ2v) is 4.70. The number of esters is 1. The molecule has 0 aliphatic heterocycles. The largest absolute Gasteiger partial charge is 0.461 e. The van der Waals surface area contributed by atoms with Crippen LogP contribution in [-0.2, 0) is 22.6 Å². The van der Waals surface area contributed by atoms with E-state index < -0.39 is 0 Å². The molecule has 0 bridgehead atoms. The average molecular weight is 265 g/mol. The second-order valence-electron chi connectivity index (χ2n) is 4.70. The molecule has 3 nitrogen and oxygen atoms in total. The van der Waals surface area contributed by atoms with E-state index in [1.54, 1.807) is 0 Å². The van der Waals surface area contributed by atoms with Crippen LogP contribution in [0.3, 0.4) is 0 Å². The first-order valence-electron chi connectivity index (χ1n) is 6.57. The lowest BCUT2D eigenvalue weighted by atomic mass is 10.2. The number of hydrogen-bond acceptors (Lipinski definition) is 2. The number of aromatic amines is 1. The monoisotopic (exact) mass is 265 g/mol. The summed E-state index contributed by atoms with van der Waals surface area (Å²) in [5.41, 5.74) is 2.92. The van der Waals surface area contributed by atoms with Gasteiger partial charge in [0, 0.05) is 11.2 Å². The fourth-order valence-electron chi connectivity index (χ4n) is 2.17. The molecule has 1 N–H and O–H groups in total. The standard InChI is InChI=1S/C17H15NO2/c19-17(20-12-13-6-2-1-3-7-13)11-15-10-14-8-4-5-9-16(14)18-15/h1-10,18H,11-12H2. The Bertz CT molecular complexity index is 683. The number of fused-ring (bicyclic) bond motifs is 1. The van der Waals surface area contributed by atoms with Crippen LogP contribution in [0.5, 0.6) is 0 Å². The third-order valence-corrected chi connectivity index (χ3v) is 3.16. The third-order valence-electron chi connectivity index (χ3n) is 3.16. The molecule has 0 amide bonds. The normalized spacial score (nSPS) is 10.6. The molecule has 0 unspecified atom stereocenters. The highest BCUT2D eigenvalue weighted by Gasteiger charge is 2.07. The molecule has 3 rings (SSSR count). The Kier molecular flexibility index (Phi) is 3.50. The highest BCUT2D eigenvalue weighted by Crippen LogP contribution is 2.15. The Morgan fingerprint density at radius 2 is 1.75 bits per heavy atom. The minimum Gasteiger partial charge on any atom is -0.461 e. The van der Waals surface area contributed by atoms with Crippen molar-refractivity contribution in [3.8, 4) is 0 Å². The summed E-state index contributed by atoms with van der Waals surface area (Å²) in [6.45, 7) is 0.319. The lowest BCUT2D eigenvalue weighted by Crippen LogP contribution is -2.08. The fourth-order valence-corrected chi connectivity index (χ4v) is 2.17. The van der Waals surface area contributed by atoms with E-state index in [-0.39, 0.29) is 12.4 Å². The number of carbonyl (C=O) groups is 1. The summed E-state index contributed by atoms with van der Waals surface area (Å²) in [7, 11) is 0. The summed E-state index contributed by atoms with van der Waals surface area (Å²) in [6, 6.07) is 19.6. The maximum absolute atomic E-state index is 11.8. The summed E-state index contributed by atoms with van der Waals surface area (Å²) in [4.78, 5) is 15.0. The highest BCUT2D eigenvalue weighted by molar-refractivity contribution is 5.82. The number of rotatable bonds is 4. The molecule has 0 atom stereocenters. The van der Waals surface area contributed by atoms with Crippen molar-refractivity contribution < 1.29 is 9.53 Å². The predicted octanol–water partition coefficient (Wildman–Crippen LogP) is 3.45. The first-order valence-corrected chi connectivity index (χ1v) is 6.57. The minimum absolute atomic E-state index is 0.222. The van der Waals surface area contributed by atoms with Crippen LogP contribution in [0.1, 0.15) is 11.3 Å². The molecule has 0 radical (unpaired) electrons. The number of para-hydroxylation sites is 1. The van der Waals surface area contributed by atoms with Gasteiger partial charge < -0.3 is 9.72 Å². The Morgan fingerprint density at radius 3 is 2.55 bits per heavy atom. The molecule has 0 saturated heterocycles. The Hall–Kier alpha value is -2.55. The van der Waals surface area contributed by atoms with Gasteiger partial charge in [-0.3, -0.25) is 4.79 Å². The number of aromatic nitrogens is 1. The van der Waals surface area contributed by atoms with Crippen molar-refractivity contribution in [1.29, 1.82) is 0 Å². The van der Waals surface area contributed by atoms with Crippen LogP contribution in [0.15, 0.2) is 60.7 Å². The van der Waals surface area contributed by atoms with Crippen LogP contribution >= 0.6 is 0 Å². The molecular weight excluding hydrogens is 250 g/mol. The maximum atomic E-state index is 11.8. The third kappa shape index (κ3) is 2.88.